The molecule has 1 heteroatoms. The zero-order valence-electron chi connectivity index (χ0n) is 13.3. The van der Waals surface area contributed by atoms with Gasteiger partial charge in [-0.3, -0.25) is 0 Å². The van der Waals surface area contributed by atoms with E-state index in [1.807, 2.05) is 13.8 Å². The minimum absolute atomic E-state index is 0.490. The van der Waals surface area contributed by atoms with Crippen molar-refractivity contribution in [2.24, 2.45) is 0 Å². The third-order valence-corrected chi connectivity index (χ3v) is 3.50. The lowest BCUT2D eigenvalue weighted by Crippen LogP contribution is -2.00. The van der Waals surface area contributed by atoms with E-state index in [1.54, 1.807) is 0 Å². The molecule has 0 aromatic heterocycles. The highest BCUT2D eigenvalue weighted by atomic mass is 35.5. The highest BCUT2D eigenvalue weighted by molar-refractivity contribution is 6.32. The monoisotopic (exact) mass is 268 g/mol. The van der Waals surface area contributed by atoms with E-state index in [9.17, 15) is 0 Å². The summed E-state index contributed by atoms with van der Waals surface area (Å²) in [5.74, 6) is 1.54. The number of hydrogen-bond donors (Lipinski definition) is 0. The quantitative estimate of drug-likeness (QED) is 0.570. The molecule has 1 aromatic rings. The summed E-state index contributed by atoms with van der Waals surface area (Å²) in [5.41, 5.74) is 3.98. The van der Waals surface area contributed by atoms with Crippen LogP contribution in [0.1, 0.15) is 89.8 Å². The minimum atomic E-state index is 0.490. The zero-order chi connectivity index (χ0) is 14.5. The predicted molar refractivity (Wildman–Crippen MR) is 85.1 cm³/mol. The molecule has 18 heavy (non-hydrogen) atoms. The SMILES string of the molecule is CC.CC(C)c1cc(C(C)C)c(Cl)c(C(C)C)c1. The van der Waals surface area contributed by atoms with Crippen LogP contribution in [0.15, 0.2) is 12.1 Å². The summed E-state index contributed by atoms with van der Waals surface area (Å²) in [6, 6.07) is 4.53. The third kappa shape index (κ3) is 4.31. The van der Waals surface area contributed by atoms with Gasteiger partial charge in [0, 0.05) is 5.02 Å². The molecule has 0 nitrogen and oxygen atoms in total. The van der Waals surface area contributed by atoms with Crippen LogP contribution in [0.2, 0.25) is 5.02 Å². The molecule has 0 aliphatic rings. The van der Waals surface area contributed by atoms with Gasteiger partial charge >= 0.3 is 0 Å². The van der Waals surface area contributed by atoms with Gasteiger partial charge in [-0.2, -0.15) is 0 Å². The van der Waals surface area contributed by atoms with Gasteiger partial charge in [0.25, 0.3) is 0 Å². The second-order valence-corrected chi connectivity index (χ2v) is 5.86. The second kappa shape index (κ2) is 7.84. The van der Waals surface area contributed by atoms with E-state index in [2.05, 4.69) is 53.7 Å². The molecule has 1 aromatic carbocycles. The van der Waals surface area contributed by atoms with Crippen LogP contribution in [0.5, 0.6) is 0 Å². The van der Waals surface area contributed by atoms with Gasteiger partial charge in [0.1, 0.15) is 0 Å². The fourth-order valence-corrected chi connectivity index (χ4v) is 2.41. The molecule has 0 aliphatic heterocycles. The Kier molecular flexibility index (Phi) is 7.62. The van der Waals surface area contributed by atoms with Crippen molar-refractivity contribution in [3.63, 3.8) is 0 Å². The first-order valence-electron chi connectivity index (χ1n) is 7.17. The van der Waals surface area contributed by atoms with Crippen molar-refractivity contribution >= 4 is 11.6 Å². The molecule has 0 aliphatic carbocycles. The lowest BCUT2D eigenvalue weighted by atomic mass is 9.89. The molecule has 0 N–H and O–H groups in total. The molecule has 0 heterocycles. The van der Waals surface area contributed by atoms with Crippen LogP contribution in [-0.2, 0) is 0 Å². The van der Waals surface area contributed by atoms with Crippen LogP contribution < -0.4 is 0 Å². The normalized spacial score (nSPS) is 10.9. The van der Waals surface area contributed by atoms with Gasteiger partial charge in [-0.05, 0) is 34.4 Å². The maximum absolute atomic E-state index is 6.48. The van der Waals surface area contributed by atoms with Gasteiger partial charge in [0.2, 0.25) is 0 Å². The highest BCUT2D eigenvalue weighted by Crippen LogP contribution is 2.35. The maximum Gasteiger partial charge on any atom is 0.0475 e. The van der Waals surface area contributed by atoms with Crippen LogP contribution in [0.4, 0.5) is 0 Å². The Morgan fingerprint density at radius 1 is 0.722 bits per heavy atom. The number of halogens is 1. The van der Waals surface area contributed by atoms with Gasteiger partial charge < -0.3 is 0 Å². The van der Waals surface area contributed by atoms with Crippen molar-refractivity contribution in [3.8, 4) is 0 Å². The van der Waals surface area contributed by atoms with E-state index in [4.69, 9.17) is 11.6 Å². The molecule has 104 valence electrons. The third-order valence-electron chi connectivity index (χ3n) is 3.06. The smallest absolute Gasteiger partial charge is 0.0475 e. The van der Waals surface area contributed by atoms with Crippen molar-refractivity contribution in [3.05, 3.63) is 33.8 Å². The number of benzene rings is 1. The Labute approximate surface area is 119 Å². The molecule has 1 rings (SSSR count). The van der Waals surface area contributed by atoms with Crippen LogP contribution in [-0.4, -0.2) is 0 Å². The Balaban J connectivity index is 0.00000137. The van der Waals surface area contributed by atoms with E-state index >= 15 is 0 Å². The van der Waals surface area contributed by atoms with Crippen molar-refractivity contribution in [2.75, 3.05) is 0 Å². The Morgan fingerprint density at radius 3 is 1.28 bits per heavy atom. The summed E-state index contributed by atoms with van der Waals surface area (Å²) in [7, 11) is 0. The molecule has 0 unspecified atom stereocenters. The molecule has 0 atom stereocenters. The van der Waals surface area contributed by atoms with Gasteiger partial charge in [0.05, 0.1) is 0 Å². The summed E-state index contributed by atoms with van der Waals surface area (Å²) in [6.45, 7) is 17.3. The average molecular weight is 269 g/mol. The zero-order valence-corrected chi connectivity index (χ0v) is 14.0. The molecule has 0 saturated carbocycles. The van der Waals surface area contributed by atoms with Gasteiger partial charge in [0.15, 0.2) is 0 Å². The fourth-order valence-electron chi connectivity index (χ4n) is 1.87. The van der Waals surface area contributed by atoms with E-state index in [0.29, 0.717) is 17.8 Å². The molecule has 0 bridgehead atoms. The van der Waals surface area contributed by atoms with Crippen LogP contribution in [0.3, 0.4) is 0 Å². The average Bonchev–Trinajstić information content (AvgIpc) is 2.30. The maximum atomic E-state index is 6.48. The molecule has 0 radical (unpaired) electrons. The first kappa shape index (κ1) is 17.5. The van der Waals surface area contributed by atoms with Crippen LogP contribution >= 0.6 is 11.6 Å². The highest BCUT2D eigenvalue weighted by Gasteiger charge is 2.15. The van der Waals surface area contributed by atoms with Gasteiger partial charge in [-0.25, -0.2) is 0 Å². The van der Waals surface area contributed by atoms with E-state index in [1.165, 1.54) is 16.7 Å². The lowest BCUT2D eigenvalue weighted by Gasteiger charge is -2.19. The van der Waals surface area contributed by atoms with Crippen LogP contribution in [0, 0.1) is 0 Å². The molecule has 0 amide bonds. The van der Waals surface area contributed by atoms with E-state index in [0.717, 1.165) is 5.02 Å². The van der Waals surface area contributed by atoms with E-state index in [-0.39, 0.29) is 0 Å². The predicted octanol–water partition coefficient (Wildman–Crippen LogP) is 6.74. The molecular weight excluding hydrogens is 240 g/mol. The number of hydrogen-bond acceptors (Lipinski definition) is 0. The summed E-state index contributed by atoms with van der Waals surface area (Å²) in [4.78, 5) is 0. The Bertz CT molecular complexity index is 333. The van der Waals surface area contributed by atoms with Crippen molar-refractivity contribution < 1.29 is 0 Å². The van der Waals surface area contributed by atoms with Gasteiger partial charge in [-0.1, -0.05) is 79.1 Å². The van der Waals surface area contributed by atoms with Crippen molar-refractivity contribution in [1.82, 2.24) is 0 Å². The summed E-state index contributed by atoms with van der Waals surface area (Å²) in [5, 5.41) is 0.967. The standard InChI is InChI=1S/C15H23Cl.C2H6/c1-9(2)12-7-13(10(3)4)15(16)14(8-12)11(5)6;1-2/h7-11H,1-6H3;1-2H3. The molecular formula is C17H29Cl. The Hall–Kier alpha value is -0.490. The first-order valence-corrected chi connectivity index (χ1v) is 7.55. The summed E-state index contributed by atoms with van der Waals surface area (Å²) < 4.78 is 0. The van der Waals surface area contributed by atoms with E-state index < -0.39 is 0 Å². The fraction of sp³-hybridized carbons (Fsp3) is 0.647. The van der Waals surface area contributed by atoms with Gasteiger partial charge in [-0.15, -0.1) is 0 Å². The molecule has 0 spiro atoms. The molecule has 0 fully saturated rings. The largest absolute Gasteiger partial charge is 0.0837 e. The minimum Gasteiger partial charge on any atom is -0.0837 e. The first-order chi connectivity index (χ1) is 8.34. The Morgan fingerprint density at radius 2 is 1.06 bits per heavy atom. The number of rotatable bonds is 3. The topological polar surface area (TPSA) is 0 Å². The lowest BCUT2D eigenvalue weighted by molar-refractivity contribution is 0.805. The van der Waals surface area contributed by atoms with Crippen LogP contribution in [0.25, 0.3) is 0 Å². The summed E-state index contributed by atoms with van der Waals surface area (Å²) >= 11 is 6.48. The van der Waals surface area contributed by atoms with Crippen molar-refractivity contribution in [2.45, 2.75) is 73.1 Å². The molecule has 0 saturated heterocycles. The van der Waals surface area contributed by atoms with Crippen molar-refractivity contribution in [1.29, 1.82) is 0 Å². The summed E-state index contributed by atoms with van der Waals surface area (Å²) in [6.07, 6.45) is 0. The second-order valence-electron chi connectivity index (χ2n) is 5.48.